The van der Waals surface area contributed by atoms with Crippen molar-refractivity contribution in [3.05, 3.63) is 59.7 Å². The van der Waals surface area contributed by atoms with Crippen LogP contribution in [0.25, 0.3) is 0 Å². The van der Waals surface area contributed by atoms with Gasteiger partial charge in [0, 0.05) is 5.56 Å². The van der Waals surface area contributed by atoms with E-state index in [4.69, 9.17) is 9.47 Å². The molecule has 5 heteroatoms. The minimum atomic E-state index is -0.321. The van der Waals surface area contributed by atoms with Gasteiger partial charge in [-0.15, -0.1) is 0 Å². The Bertz CT molecular complexity index is 744. The number of hydrogen-bond donors (Lipinski definition) is 1. The summed E-state index contributed by atoms with van der Waals surface area (Å²) in [6.45, 7) is 2.89. The van der Waals surface area contributed by atoms with Gasteiger partial charge in [-0.2, -0.15) is 5.10 Å². The van der Waals surface area contributed by atoms with Gasteiger partial charge in [-0.1, -0.05) is 56.9 Å². The van der Waals surface area contributed by atoms with Gasteiger partial charge in [0.2, 0.25) is 0 Å². The molecule has 1 N–H and O–H groups in total. The number of hydrazone groups is 1. The number of rotatable bonds is 11. The molecule has 0 radical (unpaired) electrons. The molecule has 0 saturated carbocycles. The van der Waals surface area contributed by atoms with Crippen LogP contribution in [0.3, 0.4) is 0 Å². The number of hydrogen-bond acceptors (Lipinski definition) is 4. The highest BCUT2D eigenvalue weighted by Gasteiger charge is 2.10. The Morgan fingerprint density at radius 3 is 2.48 bits per heavy atom. The van der Waals surface area contributed by atoms with E-state index < -0.39 is 0 Å². The van der Waals surface area contributed by atoms with Crippen LogP contribution >= 0.6 is 0 Å². The van der Waals surface area contributed by atoms with Crippen LogP contribution in [0.1, 0.15) is 54.9 Å². The average molecular weight is 368 g/mol. The largest absolute Gasteiger partial charge is 0.496 e. The molecule has 2 rings (SSSR count). The summed E-state index contributed by atoms with van der Waals surface area (Å²) in [4.78, 5) is 12.3. The van der Waals surface area contributed by atoms with E-state index in [2.05, 4.69) is 17.5 Å². The Kier molecular flexibility index (Phi) is 8.90. The second-order valence-corrected chi connectivity index (χ2v) is 6.20. The first-order valence-electron chi connectivity index (χ1n) is 9.44. The Hall–Kier alpha value is -2.82. The molecule has 0 saturated heterocycles. The normalized spacial score (nSPS) is 10.7. The fraction of sp³-hybridized carbons (Fsp3) is 0.364. The lowest BCUT2D eigenvalue weighted by Crippen LogP contribution is -2.18. The topological polar surface area (TPSA) is 59.9 Å². The average Bonchev–Trinajstić information content (AvgIpc) is 2.71. The summed E-state index contributed by atoms with van der Waals surface area (Å²) in [5, 5.41) is 4.06. The molecule has 2 aromatic rings. The van der Waals surface area contributed by atoms with Crippen LogP contribution in [0, 0.1) is 0 Å². The smallest absolute Gasteiger partial charge is 0.275 e. The SMILES string of the molecule is CCCCCCCOc1ccccc1/C=N/NC(=O)c1ccccc1OC. The third-order valence-corrected chi connectivity index (χ3v) is 4.15. The first-order chi connectivity index (χ1) is 13.3. The zero-order chi connectivity index (χ0) is 19.3. The summed E-state index contributed by atoms with van der Waals surface area (Å²) in [6, 6.07) is 14.7. The molecule has 0 unspecified atom stereocenters. The van der Waals surface area contributed by atoms with Crippen molar-refractivity contribution in [3.63, 3.8) is 0 Å². The molecule has 0 aromatic heterocycles. The van der Waals surface area contributed by atoms with Gasteiger partial charge in [0.25, 0.3) is 5.91 Å². The maximum absolute atomic E-state index is 12.3. The van der Waals surface area contributed by atoms with Crippen molar-refractivity contribution in [1.82, 2.24) is 5.43 Å². The molecule has 144 valence electrons. The van der Waals surface area contributed by atoms with Crippen LogP contribution in [0.2, 0.25) is 0 Å². The lowest BCUT2D eigenvalue weighted by atomic mass is 10.2. The van der Waals surface area contributed by atoms with Crippen LogP contribution in [0.4, 0.5) is 0 Å². The summed E-state index contributed by atoms with van der Waals surface area (Å²) in [7, 11) is 1.53. The van der Waals surface area contributed by atoms with Gasteiger partial charge in [0.1, 0.15) is 11.5 Å². The first-order valence-corrected chi connectivity index (χ1v) is 9.44. The third kappa shape index (κ3) is 6.77. The van der Waals surface area contributed by atoms with Gasteiger partial charge in [-0.25, -0.2) is 5.43 Å². The number of carbonyl (C=O) groups is 1. The number of nitrogens with one attached hydrogen (secondary N) is 1. The molecule has 5 nitrogen and oxygen atoms in total. The van der Waals surface area contributed by atoms with Crippen molar-refractivity contribution < 1.29 is 14.3 Å². The number of benzene rings is 2. The van der Waals surface area contributed by atoms with E-state index in [0.717, 1.165) is 17.7 Å². The van der Waals surface area contributed by atoms with Crippen molar-refractivity contribution >= 4 is 12.1 Å². The number of nitrogens with zero attached hydrogens (tertiary/aromatic N) is 1. The number of methoxy groups -OCH3 is 1. The summed E-state index contributed by atoms with van der Waals surface area (Å²) in [5.74, 6) is 0.957. The Balaban J connectivity index is 1.90. The molecule has 0 heterocycles. The molecule has 0 aliphatic heterocycles. The summed E-state index contributed by atoms with van der Waals surface area (Å²) in [6.07, 6.45) is 7.57. The summed E-state index contributed by atoms with van der Waals surface area (Å²) >= 11 is 0. The van der Waals surface area contributed by atoms with Crippen LogP contribution in [-0.4, -0.2) is 25.8 Å². The predicted molar refractivity (Wildman–Crippen MR) is 109 cm³/mol. The molecule has 0 aliphatic carbocycles. The first kappa shape index (κ1) is 20.5. The number of para-hydroxylation sites is 2. The van der Waals surface area contributed by atoms with E-state index in [0.29, 0.717) is 17.9 Å². The van der Waals surface area contributed by atoms with Crippen LogP contribution in [-0.2, 0) is 0 Å². The molecule has 0 atom stereocenters. The maximum atomic E-state index is 12.3. The monoisotopic (exact) mass is 368 g/mol. The van der Waals surface area contributed by atoms with Crippen LogP contribution in [0.5, 0.6) is 11.5 Å². The van der Waals surface area contributed by atoms with Crippen LogP contribution in [0.15, 0.2) is 53.6 Å². The Morgan fingerprint density at radius 1 is 1.00 bits per heavy atom. The van der Waals surface area contributed by atoms with Gasteiger partial charge in [0.15, 0.2) is 0 Å². The van der Waals surface area contributed by atoms with Gasteiger partial charge >= 0.3 is 0 Å². The van der Waals surface area contributed by atoms with Crippen molar-refractivity contribution in [3.8, 4) is 11.5 Å². The zero-order valence-corrected chi connectivity index (χ0v) is 16.1. The van der Waals surface area contributed by atoms with Gasteiger partial charge in [-0.05, 0) is 30.7 Å². The van der Waals surface area contributed by atoms with Crippen molar-refractivity contribution in [1.29, 1.82) is 0 Å². The lowest BCUT2D eigenvalue weighted by molar-refractivity contribution is 0.0952. The highest BCUT2D eigenvalue weighted by atomic mass is 16.5. The minimum absolute atomic E-state index is 0.321. The second kappa shape index (κ2) is 11.7. The molecule has 0 fully saturated rings. The van der Waals surface area contributed by atoms with E-state index in [1.54, 1.807) is 24.4 Å². The fourth-order valence-corrected chi connectivity index (χ4v) is 2.66. The standard InChI is InChI=1S/C22H28N2O3/c1-3-4-5-6-11-16-27-20-14-9-7-12-18(20)17-23-24-22(25)19-13-8-10-15-21(19)26-2/h7-10,12-15,17H,3-6,11,16H2,1-2H3,(H,24,25)/b23-17+. The summed E-state index contributed by atoms with van der Waals surface area (Å²) < 4.78 is 11.1. The quantitative estimate of drug-likeness (QED) is 0.352. The van der Waals surface area contributed by atoms with Crippen molar-refractivity contribution in [2.45, 2.75) is 39.0 Å². The molecule has 27 heavy (non-hydrogen) atoms. The van der Waals surface area contributed by atoms with Gasteiger partial charge in [0.05, 0.1) is 25.5 Å². The number of carbonyl (C=O) groups excluding carboxylic acids is 1. The van der Waals surface area contributed by atoms with Crippen molar-refractivity contribution in [2.24, 2.45) is 5.10 Å². The predicted octanol–water partition coefficient (Wildman–Crippen LogP) is 4.81. The highest BCUT2D eigenvalue weighted by molar-refractivity contribution is 5.97. The molecule has 0 bridgehead atoms. The molecule has 1 amide bonds. The summed E-state index contributed by atoms with van der Waals surface area (Å²) in [5.41, 5.74) is 3.80. The number of unbranched alkanes of at least 4 members (excludes halogenated alkanes) is 4. The van der Waals surface area contributed by atoms with Gasteiger partial charge in [-0.3, -0.25) is 4.79 Å². The highest BCUT2D eigenvalue weighted by Crippen LogP contribution is 2.18. The zero-order valence-electron chi connectivity index (χ0n) is 16.1. The van der Waals surface area contributed by atoms with E-state index in [1.165, 1.54) is 32.8 Å². The fourth-order valence-electron chi connectivity index (χ4n) is 2.66. The Morgan fingerprint density at radius 2 is 1.70 bits per heavy atom. The lowest BCUT2D eigenvalue weighted by Gasteiger charge is -2.09. The van der Waals surface area contributed by atoms with E-state index in [9.17, 15) is 4.79 Å². The molecular weight excluding hydrogens is 340 g/mol. The second-order valence-electron chi connectivity index (χ2n) is 6.20. The maximum Gasteiger partial charge on any atom is 0.275 e. The number of amides is 1. The van der Waals surface area contributed by atoms with E-state index >= 15 is 0 Å². The molecule has 0 spiro atoms. The minimum Gasteiger partial charge on any atom is -0.496 e. The van der Waals surface area contributed by atoms with Crippen molar-refractivity contribution in [2.75, 3.05) is 13.7 Å². The van der Waals surface area contributed by atoms with E-state index in [-0.39, 0.29) is 5.91 Å². The molecular formula is C22H28N2O3. The molecule has 0 aliphatic rings. The number of ether oxygens (including phenoxy) is 2. The third-order valence-electron chi connectivity index (χ3n) is 4.15. The van der Waals surface area contributed by atoms with Gasteiger partial charge < -0.3 is 9.47 Å². The van der Waals surface area contributed by atoms with Crippen LogP contribution < -0.4 is 14.9 Å². The van der Waals surface area contributed by atoms with E-state index in [1.807, 2.05) is 30.3 Å². The molecule has 2 aromatic carbocycles. The Labute approximate surface area is 161 Å².